The van der Waals surface area contributed by atoms with Crippen molar-refractivity contribution in [3.8, 4) is 0 Å². The molecule has 68 valence electrons. The fraction of sp³-hybridized carbons (Fsp3) is 0.250. The van der Waals surface area contributed by atoms with Gasteiger partial charge in [0.15, 0.2) is 7.88 Å². The molecule has 0 radical (unpaired) electrons. The number of aryl methyl sites for hydroxylation is 2. The van der Waals surface area contributed by atoms with Crippen molar-refractivity contribution in [2.75, 3.05) is 0 Å². The van der Waals surface area contributed by atoms with Gasteiger partial charge in [0, 0.05) is 0 Å². The lowest BCUT2D eigenvalue weighted by Gasteiger charge is -1.90. The highest BCUT2D eigenvalue weighted by Crippen LogP contribution is 2.00. The molecule has 0 N–H and O–H groups in total. The van der Waals surface area contributed by atoms with Gasteiger partial charge in [-0.2, -0.15) is 0 Å². The minimum Gasteiger partial charge on any atom is -0.221 e. The summed E-state index contributed by atoms with van der Waals surface area (Å²) >= 11 is 1.30. The van der Waals surface area contributed by atoms with Gasteiger partial charge in [-0.1, -0.05) is 35.4 Å². The lowest BCUT2D eigenvalue weighted by atomic mass is 10.2. The normalized spacial score (nSPS) is 9.00. The fourth-order valence-corrected chi connectivity index (χ4v) is 0.807. The largest absolute Gasteiger partial charge is 0.221 e. The molecule has 4 heteroatoms. The third kappa shape index (κ3) is 8.00. The van der Waals surface area contributed by atoms with Crippen LogP contribution in [0.5, 0.6) is 0 Å². The van der Waals surface area contributed by atoms with Crippen molar-refractivity contribution < 1.29 is 8.42 Å². The van der Waals surface area contributed by atoms with Crippen LogP contribution >= 0.6 is 21.2 Å². The van der Waals surface area contributed by atoms with E-state index in [1.165, 1.54) is 32.3 Å². The van der Waals surface area contributed by atoms with Crippen LogP contribution in [0.3, 0.4) is 0 Å². The second kappa shape index (κ2) is 6.42. The van der Waals surface area contributed by atoms with Crippen molar-refractivity contribution in [1.82, 2.24) is 0 Å². The molecule has 0 aromatic heterocycles. The van der Waals surface area contributed by atoms with Gasteiger partial charge in [0.2, 0.25) is 0 Å². The summed E-state index contributed by atoms with van der Waals surface area (Å²) in [5, 5.41) is 0. The Bertz CT molecular complexity index is 282. The maximum atomic E-state index is 9.02. The number of rotatable bonds is 0. The average molecular weight is 298 g/mol. The summed E-state index contributed by atoms with van der Waals surface area (Å²) < 4.78 is 18.0. The van der Waals surface area contributed by atoms with Gasteiger partial charge >= 0.3 is 0 Å². The molecular formula is C8H11IO2S. The van der Waals surface area contributed by atoms with Crippen molar-refractivity contribution in [1.29, 1.82) is 0 Å². The molecule has 0 aliphatic rings. The molecule has 12 heavy (non-hydrogen) atoms. The third-order valence-corrected chi connectivity index (χ3v) is 1.17. The van der Waals surface area contributed by atoms with Gasteiger partial charge in [-0.05, 0) is 13.8 Å². The molecule has 0 spiro atoms. The van der Waals surface area contributed by atoms with E-state index in [1.807, 2.05) is 0 Å². The van der Waals surface area contributed by atoms with Crippen molar-refractivity contribution >= 4 is 29.1 Å². The van der Waals surface area contributed by atoms with Gasteiger partial charge in [-0.15, -0.1) is 0 Å². The first-order chi connectivity index (χ1) is 5.52. The number of hydrogen-bond donors (Lipinski definition) is 1. The number of hydrogen-bond acceptors (Lipinski definition) is 2. The van der Waals surface area contributed by atoms with Crippen LogP contribution in [-0.4, -0.2) is 8.42 Å². The van der Waals surface area contributed by atoms with E-state index in [0.717, 1.165) is 0 Å². The summed E-state index contributed by atoms with van der Waals surface area (Å²) in [5.74, 6) is 0. The first kappa shape index (κ1) is 11.9. The summed E-state index contributed by atoms with van der Waals surface area (Å²) in [6.45, 7) is 4.21. The zero-order valence-corrected chi connectivity index (χ0v) is 10.0. The minimum absolute atomic E-state index is 1.30. The second-order valence-corrected chi connectivity index (χ2v) is 5.16. The van der Waals surface area contributed by atoms with Gasteiger partial charge in [-0.3, -0.25) is 0 Å². The SMILES string of the molecule is Cc1cccc(C)c1.O=[SH](=O)I. The van der Waals surface area contributed by atoms with Crippen molar-refractivity contribution in [2.24, 2.45) is 0 Å². The maximum absolute atomic E-state index is 9.02. The van der Waals surface area contributed by atoms with Crippen LogP contribution in [0.4, 0.5) is 0 Å². The summed E-state index contributed by atoms with van der Waals surface area (Å²) in [6, 6.07) is 8.45. The third-order valence-electron chi connectivity index (χ3n) is 1.17. The Morgan fingerprint density at radius 3 is 1.67 bits per heavy atom. The standard InChI is InChI=1S/C8H10.HIO2S/c1-7-4-3-5-8(2)6-7;1-4(2)3/h3-6H,1-2H3;4H. The molecule has 0 aliphatic heterocycles. The smallest absolute Gasteiger partial charge is 0.193 e. The predicted octanol–water partition coefficient (Wildman–Crippen LogP) is 2.25. The molecule has 0 bridgehead atoms. The highest BCUT2D eigenvalue weighted by atomic mass is 127. The van der Waals surface area contributed by atoms with Crippen LogP contribution in [0.15, 0.2) is 24.3 Å². The monoisotopic (exact) mass is 298 g/mol. The number of halogens is 1. The van der Waals surface area contributed by atoms with Crippen molar-refractivity contribution in [3.05, 3.63) is 35.4 Å². The van der Waals surface area contributed by atoms with E-state index >= 15 is 0 Å². The molecule has 1 aromatic carbocycles. The van der Waals surface area contributed by atoms with Gasteiger partial charge < -0.3 is 0 Å². The number of thiol groups is 1. The van der Waals surface area contributed by atoms with E-state index in [4.69, 9.17) is 8.42 Å². The van der Waals surface area contributed by atoms with E-state index in [1.54, 1.807) is 0 Å². The molecule has 1 rings (SSSR count). The highest BCUT2D eigenvalue weighted by Gasteiger charge is 1.80. The van der Waals surface area contributed by atoms with E-state index < -0.39 is 7.88 Å². The first-order valence-corrected chi connectivity index (χ1v) is 7.32. The molecular weight excluding hydrogens is 287 g/mol. The maximum Gasteiger partial charge on any atom is 0.193 e. The Morgan fingerprint density at radius 2 is 1.50 bits per heavy atom. The topological polar surface area (TPSA) is 34.1 Å². The molecule has 0 atom stereocenters. The molecule has 0 amide bonds. The quantitative estimate of drug-likeness (QED) is 0.453. The Balaban J connectivity index is 0.000000261. The average Bonchev–Trinajstić information content (AvgIpc) is 1.84. The summed E-state index contributed by atoms with van der Waals surface area (Å²) in [7, 11) is -2.15. The van der Waals surface area contributed by atoms with E-state index in [0.29, 0.717) is 0 Å². The molecule has 0 heterocycles. The molecule has 0 unspecified atom stereocenters. The lowest BCUT2D eigenvalue weighted by Crippen LogP contribution is -1.71. The molecule has 1 aromatic rings. The fourth-order valence-electron chi connectivity index (χ4n) is 0.807. The van der Waals surface area contributed by atoms with E-state index in [-0.39, 0.29) is 0 Å². The summed E-state index contributed by atoms with van der Waals surface area (Å²) in [4.78, 5) is 0. The molecule has 0 saturated heterocycles. The van der Waals surface area contributed by atoms with Gasteiger partial charge in [0.25, 0.3) is 0 Å². The van der Waals surface area contributed by atoms with Crippen LogP contribution in [0, 0.1) is 13.8 Å². The van der Waals surface area contributed by atoms with Crippen LogP contribution in [0.2, 0.25) is 0 Å². The molecule has 0 fully saturated rings. The lowest BCUT2D eigenvalue weighted by molar-refractivity contribution is 0.628. The van der Waals surface area contributed by atoms with Crippen LogP contribution in [0.1, 0.15) is 11.1 Å². The Hall–Kier alpha value is -0.100. The Morgan fingerprint density at radius 1 is 1.17 bits per heavy atom. The van der Waals surface area contributed by atoms with Crippen LogP contribution < -0.4 is 0 Å². The highest BCUT2D eigenvalue weighted by molar-refractivity contribution is 14.2. The Labute approximate surface area is 86.5 Å². The van der Waals surface area contributed by atoms with Crippen molar-refractivity contribution in [2.45, 2.75) is 13.8 Å². The van der Waals surface area contributed by atoms with E-state index in [9.17, 15) is 0 Å². The Kier molecular flexibility index (Phi) is 6.37. The van der Waals surface area contributed by atoms with Gasteiger partial charge in [-0.25, -0.2) is 8.42 Å². The van der Waals surface area contributed by atoms with Crippen LogP contribution in [-0.2, 0) is 7.88 Å². The summed E-state index contributed by atoms with van der Waals surface area (Å²) in [6.07, 6.45) is 0. The van der Waals surface area contributed by atoms with Gasteiger partial charge in [0.1, 0.15) is 0 Å². The predicted molar refractivity (Wildman–Crippen MR) is 60.3 cm³/mol. The molecule has 2 nitrogen and oxygen atoms in total. The first-order valence-electron chi connectivity index (χ1n) is 3.36. The minimum atomic E-state index is -2.15. The zero-order chi connectivity index (χ0) is 9.56. The molecule has 0 aliphatic carbocycles. The summed E-state index contributed by atoms with van der Waals surface area (Å²) in [5.41, 5.74) is 2.68. The van der Waals surface area contributed by atoms with Crippen LogP contribution in [0.25, 0.3) is 0 Å². The van der Waals surface area contributed by atoms with Gasteiger partial charge in [0.05, 0.1) is 21.2 Å². The second-order valence-electron chi connectivity index (χ2n) is 2.37. The molecule has 0 saturated carbocycles. The van der Waals surface area contributed by atoms with Crippen molar-refractivity contribution in [3.63, 3.8) is 0 Å². The zero-order valence-electron chi connectivity index (χ0n) is 6.95. The number of benzene rings is 1. The van der Waals surface area contributed by atoms with E-state index in [2.05, 4.69) is 38.1 Å².